The van der Waals surface area contributed by atoms with Gasteiger partial charge >= 0.3 is 19.8 Å². The number of aliphatic hydroxyl groups excluding tert-OH is 2. The second kappa shape index (κ2) is 36.8. The maximum Gasteiger partial charge on any atom is 0.472 e. The molecule has 0 aliphatic carbocycles. The molecule has 1 unspecified atom stereocenters. The summed E-state index contributed by atoms with van der Waals surface area (Å²) >= 11 is 0. The molecule has 0 aliphatic heterocycles. The Labute approximate surface area is 310 Å². The van der Waals surface area contributed by atoms with E-state index in [4.69, 9.17) is 19.1 Å². The minimum absolute atomic E-state index is 0.153. The summed E-state index contributed by atoms with van der Waals surface area (Å²) in [6, 6.07) is 0. The van der Waals surface area contributed by atoms with Gasteiger partial charge in [-0.25, -0.2) is 4.57 Å². The normalized spacial score (nSPS) is 14.2. The van der Waals surface area contributed by atoms with Crippen molar-refractivity contribution in [3.8, 4) is 0 Å². The molecule has 300 valence electrons. The molecule has 0 bridgehead atoms. The molecular weight excluding hydrogens is 671 g/mol. The Morgan fingerprint density at radius 1 is 0.569 bits per heavy atom. The average Bonchev–Trinajstić information content (AvgIpc) is 3.12. The van der Waals surface area contributed by atoms with E-state index in [0.717, 1.165) is 51.4 Å². The van der Waals surface area contributed by atoms with Gasteiger partial charge < -0.3 is 24.6 Å². The SMILES string of the molecule is CCCCCCCCC/C=C\CCCCC(=O)O[C@@H](COC(=O)CCCCCC/C=C/CCCCCCCCC)COP(=O)(O)OC[C@H](O)CO. The number of rotatable bonds is 38. The van der Waals surface area contributed by atoms with Gasteiger partial charge in [0, 0.05) is 12.8 Å². The van der Waals surface area contributed by atoms with Gasteiger partial charge in [0.05, 0.1) is 19.8 Å². The van der Waals surface area contributed by atoms with Crippen molar-refractivity contribution in [1.82, 2.24) is 0 Å². The van der Waals surface area contributed by atoms with Crippen LogP contribution in [0.2, 0.25) is 0 Å². The number of carbonyl (C=O) groups excluding carboxylic acids is 2. The lowest BCUT2D eigenvalue weighted by Crippen LogP contribution is -2.29. The van der Waals surface area contributed by atoms with Crippen molar-refractivity contribution in [1.29, 1.82) is 0 Å². The number of esters is 2. The fourth-order valence-corrected chi connectivity index (χ4v) is 6.18. The summed E-state index contributed by atoms with van der Waals surface area (Å²) in [7, 11) is -4.62. The van der Waals surface area contributed by atoms with Gasteiger partial charge in [-0.3, -0.25) is 18.6 Å². The second-order valence-corrected chi connectivity index (χ2v) is 15.1. The second-order valence-electron chi connectivity index (χ2n) is 13.7. The lowest BCUT2D eigenvalue weighted by atomic mass is 10.1. The Kier molecular flexibility index (Phi) is 35.7. The Morgan fingerprint density at radius 2 is 0.961 bits per heavy atom. The van der Waals surface area contributed by atoms with Crippen molar-refractivity contribution in [3.63, 3.8) is 0 Å². The van der Waals surface area contributed by atoms with E-state index in [1.807, 2.05) is 0 Å². The number of allylic oxidation sites excluding steroid dienone is 4. The molecule has 0 radical (unpaired) electrons. The molecule has 0 saturated carbocycles. The Balaban J connectivity index is 4.37. The summed E-state index contributed by atoms with van der Waals surface area (Å²) in [6.07, 6.45) is 34.3. The summed E-state index contributed by atoms with van der Waals surface area (Å²) < 4.78 is 32.6. The average molecular weight is 747 g/mol. The van der Waals surface area contributed by atoms with Crippen LogP contribution in [0.1, 0.15) is 181 Å². The highest BCUT2D eigenvalue weighted by Crippen LogP contribution is 2.43. The predicted molar refractivity (Wildman–Crippen MR) is 205 cm³/mol. The van der Waals surface area contributed by atoms with Crippen molar-refractivity contribution in [2.45, 2.75) is 193 Å². The first-order valence-corrected chi connectivity index (χ1v) is 21.8. The molecule has 3 atom stereocenters. The molecule has 0 saturated heterocycles. The first-order valence-electron chi connectivity index (χ1n) is 20.3. The summed E-state index contributed by atoms with van der Waals surface area (Å²) in [6.45, 7) is 2.33. The molecule has 0 rings (SSSR count). The summed E-state index contributed by atoms with van der Waals surface area (Å²) in [5.74, 6) is -0.962. The quantitative estimate of drug-likeness (QED) is 0.0241. The van der Waals surface area contributed by atoms with E-state index in [0.29, 0.717) is 12.8 Å². The molecule has 0 aliphatic rings. The molecule has 51 heavy (non-hydrogen) atoms. The molecule has 0 aromatic rings. The Bertz CT molecular complexity index is 910. The van der Waals surface area contributed by atoms with E-state index < -0.39 is 51.8 Å². The number of carbonyl (C=O) groups is 2. The lowest BCUT2D eigenvalue weighted by molar-refractivity contribution is -0.161. The van der Waals surface area contributed by atoms with Crippen LogP contribution in [0.5, 0.6) is 0 Å². The number of hydrogen-bond donors (Lipinski definition) is 3. The summed E-state index contributed by atoms with van der Waals surface area (Å²) in [5, 5.41) is 18.3. The van der Waals surface area contributed by atoms with E-state index in [-0.39, 0.29) is 19.4 Å². The van der Waals surface area contributed by atoms with Crippen LogP contribution < -0.4 is 0 Å². The van der Waals surface area contributed by atoms with Crippen LogP contribution in [-0.4, -0.2) is 65.7 Å². The molecular formula is C40H75O10P. The first kappa shape index (κ1) is 49.5. The molecule has 0 spiro atoms. The van der Waals surface area contributed by atoms with Crippen molar-refractivity contribution < 1.29 is 47.8 Å². The van der Waals surface area contributed by atoms with E-state index >= 15 is 0 Å². The maximum atomic E-state index is 12.5. The van der Waals surface area contributed by atoms with E-state index in [2.05, 4.69) is 42.7 Å². The van der Waals surface area contributed by atoms with Crippen molar-refractivity contribution in [2.24, 2.45) is 0 Å². The Hall–Kier alpha value is -1.55. The van der Waals surface area contributed by atoms with Gasteiger partial charge in [-0.05, 0) is 64.2 Å². The molecule has 0 aromatic carbocycles. The van der Waals surface area contributed by atoms with Crippen LogP contribution in [-0.2, 0) is 32.7 Å². The molecule has 3 N–H and O–H groups in total. The van der Waals surface area contributed by atoms with Crippen LogP contribution in [0.15, 0.2) is 24.3 Å². The van der Waals surface area contributed by atoms with Gasteiger partial charge in [-0.1, -0.05) is 128 Å². The fraction of sp³-hybridized carbons (Fsp3) is 0.850. The third-order valence-electron chi connectivity index (χ3n) is 8.58. The van der Waals surface area contributed by atoms with Gasteiger partial charge in [0.25, 0.3) is 0 Å². The fourth-order valence-electron chi connectivity index (χ4n) is 5.39. The standard InChI is InChI=1S/C40H75O10P/c1-3-5-7-9-11-13-15-17-18-20-21-23-25-27-29-31-39(43)47-35-38(36-49-51(45,46)48-34-37(42)33-41)50-40(44)32-30-28-26-24-22-19-16-14-12-10-8-6-4-2/h18,20,22,24,37-38,41-42H,3-17,19,21,23,25-36H2,1-2H3,(H,45,46)/b20-18+,24-22-/t37-,38+/m1/s1. The third-order valence-corrected chi connectivity index (χ3v) is 9.53. The van der Waals surface area contributed by atoms with Crippen LogP contribution in [0.25, 0.3) is 0 Å². The topological polar surface area (TPSA) is 149 Å². The van der Waals surface area contributed by atoms with Crippen LogP contribution in [0, 0.1) is 0 Å². The zero-order valence-corrected chi connectivity index (χ0v) is 33.2. The highest BCUT2D eigenvalue weighted by Gasteiger charge is 2.27. The minimum atomic E-state index is -4.62. The predicted octanol–water partition coefficient (Wildman–Crippen LogP) is 10.2. The molecule has 0 heterocycles. The number of phosphoric ester groups is 1. The Morgan fingerprint density at radius 3 is 1.45 bits per heavy atom. The van der Waals surface area contributed by atoms with Crippen molar-refractivity contribution in [3.05, 3.63) is 24.3 Å². The van der Waals surface area contributed by atoms with Crippen molar-refractivity contribution in [2.75, 3.05) is 26.4 Å². The number of aliphatic hydroxyl groups is 2. The van der Waals surface area contributed by atoms with Crippen molar-refractivity contribution >= 4 is 19.8 Å². The smallest absolute Gasteiger partial charge is 0.462 e. The van der Waals surface area contributed by atoms with Gasteiger partial charge in [-0.2, -0.15) is 0 Å². The zero-order chi connectivity index (χ0) is 37.7. The highest BCUT2D eigenvalue weighted by atomic mass is 31.2. The number of phosphoric acid groups is 1. The van der Waals surface area contributed by atoms with Gasteiger partial charge in [0.1, 0.15) is 12.7 Å². The largest absolute Gasteiger partial charge is 0.472 e. The molecule has 0 fully saturated rings. The highest BCUT2D eigenvalue weighted by molar-refractivity contribution is 7.47. The molecule has 0 aromatic heterocycles. The van der Waals surface area contributed by atoms with E-state index in [1.54, 1.807) is 0 Å². The molecule has 0 amide bonds. The summed E-state index contributed by atoms with van der Waals surface area (Å²) in [5.41, 5.74) is 0. The van der Waals surface area contributed by atoms with Gasteiger partial charge in [-0.15, -0.1) is 0 Å². The first-order chi connectivity index (χ1) is 24.7. The van der Waals surface area contributed by atoms with E-state index in [1.165, 1.54) is 89.9 Å². The maximum absolute atomic E-state index is 12.5. The molecule has 11 heteroatoms. The van der Waals surface area contributed by atoms with Crippen LogP contribution in [0.3, 0.4) is 0 Å². The van der Waals surface area contributed by atoms with E-state index in [9.17, 15) is 24.2 Å². The molecule has 10 nitrogen and oxygen atoms in total. The summed E-state index contributed by atoms with van der Waals surface area (Å²) in [4.78, 5) is 34.8. The zero-order valence-electron chi connectivity index (χ0n) is 32.3. The monoisotopic (exact) mass is 747 g/mol. The van der Waals surface area contributed by atoms with Gasteiger partial charge in [0.2, 0.25) is 0 Å². The third kappa shape index (κ3) is 36.6. The van der Waals surface area contributed by atoms with Gasteiger partial charge in [0.15, 0.2) is 6.10 Å². The van der Waals surface area contributed by atoms with Crippen LogP contribution in [0.4, 0.5) is 0 Å². The number of ether oxygens (including phenoxy) is 2. The lowest BCUT2D eigenvalue weighted by Gasteiger charge is -2.20. The van der Waals surface area contributed by atoms with Crippen LogP contribution >= 0.6 is 7.82 Å². The number of hydrogen-bond acceptors (Lipinski definition) is 9. The number of unbranched alkanes of at least 4 members (excludes halogenated alkanes) is 20. The minimum Gasteiger partial charge on any atom is -0.462 e.